The highest BCUT2D eigenvalue weighted by Gasteiger charge is 2.49. The van der Waals surface area contributed by atoms with Crippen molar-refractivity contribution in [3.63, 3.8) is 0 Å². The van der Waals surface area contributed by atoms with Crippen molar-refractivity contribution in [1.82, 2.24) is 4.98 Å². The molecule has 2 heteroatoms. The van der Waals surface area contributed by atoms with Crippen molar-refractivity contribution in [3.05, 3.63) is 59.8 Å². The Labute approximate surface area is 130 Å². The molecule has 3 rings (SSSR count). The predicted molar refractivity (Wildman–Crippen MR) is 94.7 cm³/mol. The highest BCUT2D eigenvalue weighted by molar-refractivity contribution is 6.77. The zero-order valence-corrected chi connectivity index (χ0v) is 14.9. The molecular weight excluding hydrogens is 270 g/mol. The van der Waals surface area contributed by atoms with E-state index in [4.69, 9.17) is 0 Å². The van der Waals surface area contributed by atoms with Crippen LogP contribution in [0.5, 0.6) is 0 Å². The molecule has 1 nitrogen and oxygen atoms in total. The van der Waals surface area contributed by atoms with E-state index in [0.29, 0.717) is 17.4 Å². The van der Waals surface area contributed by atoms with Gasteiger partial charge in [0.15, 0.2) is 0 Å². The van der Waals surface area contributed by atoms with Crippen molar-refractivity contribution in [1.29, 1.82) is 0 Å². The van der Waals surface area contributed by atoms with Gasteiger partial charge in [-0.25, -0.2) is 0 Å². The van der Waals surface area contributed by atoms with E-state index in [1.165, 1.54) is 0 Å². The number of fused-ring (bicyclic) bond motifs is 2. The van der Waals surface area contributed by atoms with Gasteiger partial charge in [-0.2, -0.15) is 0 Å². The summed E-state index contributed by atoms with van der Waals surface area (Å²) in [5.74, 6) is 1.16. The van der Waals surface area contributed by atoms with Crippen molar-refractivity contribution in [2.24, 2.45) is 11.8 Å². The average molecular weight is 298 g/mol. The standard InChI is InChI=1S/C19H27NSi/c1-19(2,3)20-21(4,5)18-16-12-8-6-10-14(16)15-11-7-9-13-17(15)18/h6-13,16-18,20H,1-5H3. The lowest BCUT2D eigenvalue weighted by atomic mass is 9.94. The van der Waals surface area contributed by atoms with Crippen molar-refractivity contribution in [2.45, 2.75) is 44.9 Å². The van der Waals surface area contributed by atoms with Gasteiger partial charge < -0.3 is 4.98 Å². The second-order valence-electron chi connectivity index (χ2n) is 8.07. The van der Waals surface area contributed by atoms with Gasteiger partial charge >= 0.3 is 0 Å². The molecule has 0 aromatic heterocycles. The SMILES string of the molecule is CC(C)(C)N[Si](C)(C)C1C2C=CC=CC2=C2C=CC=CC21. The highest BCUT2D eigenvalue weighted by Crippen LogP contribution is 2.54. The van der Waals surface area contributed by atoms with E-state index in [1.807, 2.05) is 0 Å². The first-order chi connectivity index (χ1) is 9.80. The zero-order chi connectivity index (χ0) is 15.3. The van der Waals surface area contributed by atoms with E-state index < -0.39 is 8.24 Å². The van der Waals surface area contributed by atoms with Crippen LogP contribution in [-0.4, -0.2) is 13.8 Å². The first kappa shape index (κ1) is 14.8. The molecule has 3 aliphatic carbocycles. The quantitative estimate of drug-likeness (QED) is 0.726. The number of hydrogen-bond acceptors (Lipinski definition) is 1. The second kappa shape index (κ2) is 4.96. The summed E-state index contributed by atoms with van der Waals surface area (Å²) in [6, 6.07) is 0. The molecule has 3 aliphatic rings. The summed E-state index contributed by atoms with van der Waals surface area (Å²) in [5, 5.41) is 0. The Morgan fingerprint density at radius 2 is 1.33 bits per heavy atom. The van der Waals surface area contributed by atoms with E-state index in [-0.39, 0.29) is 5.54 Å². The molecular formula is C19H27NSi. The topological polar surface area (TPSA) is 12.0 Å². The molecule has 1 N–H and O–H groups in total. The van der Waals surface area contributed by atoms with Gasteiger partial charge in [0.1, 0.15) is 8.24 Å². The number of nitrogens with one attached hydrogen (secondary N) is 1. The maximum Gasteiger partial charge on any atom is 0.124 e. The van der Waals surface area contributed by atoms with Crippen LogP contribution in [0, 0.1) is 11.8 Å². The van der Waals surface area contributed by atoms with Gasteiger partial charge in [0.2, 0.25) is 0 Å². The molecule has 0 bridgehead atoms. The van der Waals surface area contributed by atoms with Crippen LogP contribution in [0.3, 0.4) is 0 Å². The van der Waals surface area contributed by atoms with Gasteiger partial charge in [-0.1, -0.05) is 61.7 Å². The Morgan fingerprint density at radius 3 is 1.76 bits per heavy atom. The normalized spacial score (nSPS) is 30.8. The number of allylic oxidation sites excluding steroid dienone is 10. The van der Waals surface area contributed by atoms with Crippen LogP contribution in [0.4, 0.5) is 0 Å². The summed E-state index contributed by atoms with van der Waals surface area (Å²) in [4.78, 5) is 4.00. The molecule has 0 saturated carbocycles. The molecule has 21 heavy (non-hydrogen) atoms. The summed E-state index contributed by atoms with van der Waals surface area (Å²) >= 11 is 0. The van der Waals surface area contributed by atoms with Gasteiger partial charge in [-0.3, -0.25) is 0 Å². The number of hydrogen-bond donors (Lipinski definition) is 1. The molecule has 112 valence electrons. The minimum absolute atomic E-state index is 0.182. The van der Waals surface area contributed by atoms with Crippen LogP contribution in [0.15, 0.2) is 59.8 Å². The minimum Gasteiger partial charge on any atom is -0.332 e. The summed E-state index contributed by atoms with van der Waals surface area (Å²) < 4.78 is 0. The maximum absolute atomic E-state index is 4.00. The fourth-order valence-electron chi connectivity index (χ4n) is 4.49. The summed E-state index contributed by atoms with van der Waals surface area (Å²) in [6.07, 6.45) is 18.3. The van der Waals surface area contributed by atoms with Crippen molar-refractivity contribution < 1.29 is 0 Å². The third-order valence-electron chi connectivity index (χ3n) is 4.77. The fourth-order valence-corrected chi connectivity index (χ4v) is 8.97. The molecule has 0 spiro atoms. The Hall–Kier alpha value is -1.12. The van der Waals surface area contributed by atoms with Gasteiger partial charge in [-0.15, -0.1) is 0 Å². The molecule has 0 aromatic carbocycles. The molecule has 0 heterocycles. The van der Waals surface area contributed by atoms with E-state index in [2.05, 4.69) is 87.5 Å². The molecule has 0 saturated heterocycles. The van der Waals surface area contributed by atoms with Gasteiger partial charge in [0.05, 0.1) is 0 Å². The van der Waals surface area contributed by atoms with Crippen molar-refractivity contribution in [2.75, 3.05) is 0 Å². The summed E-state index contributed by atoms with van der Waals surface area (Å²) in [5.41, 5.74) is 3.97. The van der Waals surface area contributed by atoms with Gasteiger partial charge in [0, 0.05) is 17.4 Å². The van der Waals surface area contributed by atoms with Crippen LogP contribution in [0.2, 0.25) is 18.6 Å². The molecule has 0 fully saturated rings. The summed E-state index contributed by atoms with van der Waals surface area (Å²) in [6.45, 7) is 11.9. The zero-order valence-electron chi connectivity index (χ0n) is 13.9. The summed E-state index contributed by atoms with van der Waals surface area (Å²) in [7, 11) is -1.58. The molecule has 2 atom stereocenters. The molecule has 0 radical (unpaired) electrons. The Morgan fingerprint density at radius 1 is 0.857 bits per heavy atom. The van der Waals surface area contributed by atoms with Crippen LogP contribution < -0.4 is 4.98 Å². The lowest BCUT2D eigenvalue weighted by Crippen LogP contribution is -2.58. The lowest BCUT2D eigenvalue weighted by Gasteiger charge is -2.42. The van der Waals surface area contributed by atoms with E-state index in [9.17, 15) is 0 Å². The molecule has 0 aliphatic heterocycles. The van der Waals surface area contributed by atoms with E-state index >= 15 is 0 Å². The van der Waals surface area contributed by atoms with Crippen LogP contribution >= 0.6 is 0 Å². The smallest absolute Gasteiger partial charge is 0.124 e. The van der Waals surface area contributed by atoms with E-state index in [1.54, 1.807) is 11.1 Å². The Balaban J connectivity index is 2.00. The third kappa shape index (κ3) is 2.67. The molecule has 2 unspecified atom stereocenters. The van der Waals surface area contributed by atoms with Gasteiger partial charge in [-0.05, 0) is 37.5 Å². The lowest BCUT2D eigenvalue weighted by molar-refractivity contribution is 0.491. The minimum atomic E-state index is -1.58. The third-order valence-corrected chi connectivity index (χ3v) is 8.55. The van der Waals surface area contributed by atoms with Crippen LogP contribution in [0.1, 0.15) is 20.8 Å². The van der Waals surface area contributed by atoms with Crippen LogP contribution in [-0.2, 0) is 0 Å². The Bertz CT molecular complexity index is 543. The second-order valence-corrected chi connectivity index (χ2v) is 12.4. The first-order valence-electron chi connectivity index (χ1n) is 8.03. The van der Waals surface area contributed by atoms with Gasteiger partial charge in [0.25, 0.3) is 0 Å². The van der Waals surface area contributed by atoms with E-state index in [0.717, 1.165) is 0 Å². The number of rotatable bonds is 2. The highest BCUT2D eigenvalue weighted by atomic mass is 28.3. The van der Waals surface area contributed by atoms with Crippen LogP contribution in [0.25, 0.3) is 0 Å². The van der Waals surface area contributed by atoms with Crippen molar-refractivity contribution >= 4 is 8.24 Å². The first-order valence-corrected chi connectivity index (χ1v) is 11.1. The fraction of sp³-hybridized carbons (Fsp3) is 0.474. The molecule has 0 amide bonds. The average Bonchev–Trinajstić information content (AvgIpc) is 2.71. The molecule has 0 aromatic rings. The maximum atomic E-state index is 4.00. The predicted octanol–water partition coefficient (Wildman–Crippen LogP) is 4.74. The monoisotopic (exact) mass is 297 g/mol. The van der Waals surface area contributed by atoms with Crippen molar-refractivity contribution in [3.8, 4) is 0 Å². The largest absolute Gasteiger partial charge is 0.332 e. The Kier molecular flexibility index (Phi) is 3.50.